The molecule has 1 rings (SSSR count). The summed E-state index contributed by atoms with van der Waals surface area (Å²) in [6, 6.07) is 1.88. The number of hydrogen-bond acceptors (Lipinski definition) is 4. The predicted octanol–water partition coefficient (Wildman–Crippen LogP) is 0.727. The molecule has 4 nitrogen and oxygen atoms in total. The Balaban J connectivity index is 2.10. The van der Waals surface area contributed by atoms with Crippen LogP contribution in [0.25, 0.3) is 0 Å². The van der Waals surface area contributed by atoms with Crippen molar-refractivity contribution < 1.29 is 5.11 Å². The van der Waals surface area contributed by atoms with Crippen molar-refractivity contribution in [2.24, 2.45) is 0 Å². The Hall–Kier alpha value is -1.00. The zero-order valence-electron chi connectivity index (χ0n) is 8.48. The smallest absolute Gasteiger partial charge is 0.115 e. The van der Waals surface area contributed by atoms with Crippen molar-refractivity contribution in [3.05, 3.63) is 24.3 Å². The molecular weight excluding hydrogens is 178 g/mol. The second kappa shape index (κ2) is 6.45. The molecule has 4 heteroatoms. The molecule has 0 aliphatic carbocycles. The molecule has 0 bridgehead atoms. The number of aliphatic hydroxyl groups excluding tert-OH is 1. The van der Waals surface area contributed by atoms with Gasteiger partial charge in [-0.25, -0.2) is 9.97 Å². The molecule has 0 saturated heterocycles. The van der Waals surface area contributed by atoms with Crippen LogP contribution in [-0.4, -0.2) is 27.7 Å². The highest BCUT2D eigenvalue weighted by Gasteiger charge is 1.99. The molecule has 0 radical (unpaired) electrons. The molecule has 0 aliphatic heterocycles. The molecule has 0 spiro atoms. The third kappa shape index (κ3) is 4.30. The molecule has 2 N–H and O–H groups in total. The topological polar surface area (TPSA) is 58.0 Å². The molecule has 78 valence electrons. The van der Waals surface area contributed by atoms with Crippen LogP contribution in [0.1, 0.15) is 25.5 Å². The summed E-state index contributed by atoms with van der Waals surface area (Å²) in [5, 5.41) is 12.5. The van der Waals surface area contributed by atoms with Gasteiger partial charge in [0.1, 0.15) is 6.33 Å². The van der Waals surface area contributed by atoms with Crippen molar-refractivity contribution in [3.63, 3.8) is 0 Å². The molecule has 1 unspecified atom stereocenters. The van der Waals surface area contributed by atoms with Gasteiger partial charge in [0.05, 0.1) is 11.8 Å². The number of nitrogens with zero attached hydrogens (tertiary/aromatic N) is 2. The maximum Gasteiger partial charge on any atom is 0.115 e. The summed E-state index contributed by atoms with van der Waals surface area (Å²) in [6.45, 7) is 3.53. The van der Waals surface area contributed by atoms with Gasteiger partial charge in [0.2, 0.25) is 0 Å². The highest BCUT2D eigenvalue weighted by atomic mass is 16.3. The van der Waals surface area contributed by atoms with Gasteiger partial charge in [-0.1, -0.05) is 6.92 Å². The lowest BCUT2D eigenvalue weighted by Crippen LogP contribution is -2.20. The summed E-state index contributed by atoms with van der Waals surface area (Å²) in [4.78, 5) is 7.92. The minimum atomic E-state index is -0.187. The monoisotopic (exact) mass is 195 g/mol. The Kier molecular flexibility index (Phi) is 5.11. The first-order chi connectivity index (χ1) is 6.83. The minimum Gasteiger partial charge on any atom is -0.393 e. The van der Waals surface area contributed by atoms with E-state index in [-0.39, 0.29) is 6.10 Å². The van der Waals surface area contributed by atoms with E-state index in [0.29, 0.717) is 0 Å². The second-order valence-corrected chi connectivity index (χ2v) is 3.23. The quantitative estimate of drug-likeness (QED) is 0.657. The van der Waals surface area contributed by atoms with Crippen LogP contribution in [0, 0.1) is 0 Å². The maximum atomic E-state index is 9.29. The molecule has 0 aromatic carbocycles. The molecular formula is C10H17N3O. The first-order valence-corrected chi connectivity index (χ1v) is 4.96. The van der Waals surface area contributed by atoms with Crippen LogP contribution >= 0.6 is 0 Å². The van der Waals surface area contributed by atoms with E-state index < -0.39 is 0 Å². The Morgan fingerprint density at radius 2 is 2.43 bits per heavy atom. The van der Waals surface area contributed by atoms with E-state index in [1.807, 2.05) is 13.0 Å². The fourth-order valence-electron chi connectivity index (χ4n) is 1.11. The molecule has 0 amide bonds. The van der Waals surface area contributed by atoms with Crippen molar-refractivity contribution in [3.8, 4) is 0 Å². The van der Waals surface area contributed by atoms with E-state index in [0.717, 1.165) is 31.6 Å². The van der Waals surface area contributed by atoms with Crippen molar-refractivity contribution in [2.75, 3.05) is 6.54 Å². The van der Waals surface area contributed by atoms with Crippen LogP contribution < -0.4 is 5.32 Å². The third-order valence-electron chi connectivity index (χ3n) is 2.07. The number of hydrogen-bond donors (Lipinski definition) is 2. The van der Waals surface area contributed by atoms with Crippen LogP contribution in [0.15, 0.2) is 18.6 Å². The second-order valence-electron chi connectivity index (χ2n) is 3.23. The summed E-state index contributed by atoms with van der Waals surface area (Å²) in [5.41, 5.74) is 0.978. The fourth-order valence-corrected chi connectivity index (χ4v) is 1.11. The first kappa shape index (κ1) is 11.1. The normalized spacial score (nSPS) is 12.7. The number of aromatic nitrogens is 2. The van der Waals surface area contributed by atoms with Crippen LogP contribution in [-0.2, 0) is 6.54 Å². The van der Waals surface area contributed by atoms with Crippen molar-refractivity contribution >= 4 is 0 Å². The fraction of sp³-hybridized carbons (Fsp3) is 0.600. The van der Waals surface area contributed by atoms with Gasteiger partial charge in [-0.3, -0.25) is 0 Å². The van der Waals surface area contributed by atoms with Gasteiger partial charge in [0.25, 0.3) is 0 Å². The van der Waals surface area contributed by atoms with Gasteiger partial charge in [-0.15, -0.1) is 0 Å². The highest BCUT2D eigenvalue weighted by molar-refractivity contribution is 4.96. The summed E-state index contributed by atoms with van der Waals surface area (Å²) in [5.74, 6) is 0. The number of aliphatic hydroxyl groups is 1. The molecule has 1 aromatic rings. The lowest BCUT2D eigenvalue weighted by molar-refractivity contribution is 0.159. The van der Waals surface area contributed by atoms with Crippen molar-refractivity contribution in [1.82, 2.24) is 15.3 Å². The molecule has 1 atom stereocenters. The first-order valence-electron chi connectivity index (χ1n) is 4.96. The number of nitrogens with one attached hydrogen (secondary N) is 1. The van der Waals surface area contributed by atoms with Gasteiger partial charge >= 0.3 is 0 Å². The molecule has 0 saturated carbocycles. The third-order valence-corrected chi connectivity index (χ3v) is 2.07. The summed E-state index contributed by atoms with van der Waals surface area (Å²) < 4.78 is 0. The molecule has 1 aromatic heterocycles. The Morgan fingerprint density at radius 1 is 1.57 bits per heavy atom. The van der Waals surface area contributed by atoms with E-state index in [2.05, 4.69) is 15.3 Å². The van der Waals surface area contributed by atoms with Gasteiger partial charge in [-0.05, 0) is 25.5 Å². The largest absolute Gasteiger partial charge is 0.393 e. The van der Waals surface area contributed by atoms with Gasteiger partial charge in [0.15, 0.2) is 0 Å². The Bertz CT molecular complexity index is 240. The average molecular weight is 195 g/mol. The van der Waals surface area contributed by atoms with Crippen LogP contribution in [0.5, 0.6) is 0 Å². The van der Waals surface area contributed by atoms with Gasteiger partial charge < -0.3 is 10.4 Å². The Labute approximate surface area is 84.4 Å². The maximum absolute atomic E-state index is 9.29. The van der Waals surface area contributed by atoms with E-state index >= 15 is 0 Å². The van der Waals surface area contributed by atoms with E-state index in [9.17, 15) is 5.11 Å². The van der Waals surface area contributed by atoms with Crippen LogP contribution in [0.3, 0.4) is 0 Å². The SMILES string of the molecule is CCC(O)CCNCc1ccncn1. The van der Waals surface area contributed by atoms with E-state index in [4.69, 9.17) is 0 Å². The van der Waals surface area contributed by atoms with Gasteiger partial charge in [0, 0.05) is 12.7 Å². The highest BCUT2D eigenvalue weighted by Crippen LogP contribution is 1.95. The molecule has 0 aliphatic rings. The molecule has 0 fully saturated rings. The zero-order valence-corrected chi connectivity index (χ0v) is 8.48. The van der Waals surface area contributed by atoms with Gasteiger partial charge in [-0.2, -0.15) is 0 Å². The Morgan fingerprint density at radius 3 is 3.07 bits per heavy atom. The average Bonchev–Trinajstić information content (AvgIpc) is 2.25. The lowest BCUT2D eigenvalue weighted by Gasteiger charge is -2.07. The predicted molar refractivity (Wildman–Crippen MR) is 54.7 cm³/mol. The van der Waals surface area contributed by atoms with E-state index in [1.165, 1.54) is 6.33 Å². The standard InChI is InChI=1S/C10H17N3O/c1-2-10(14)4-6-11-7-9-3-5-12-8-13-9/h3,5,8,10-11,14H,2,4,6-7H2,1H3. The molecule has 14 heavy (non-hydrogen) atoms. The van der Waals surface area contributed by atoms with Crippen molar-refractivity contribution in [1.29, 1.82) is 0 Å². The molecule has 1 heterocycles. The summed E-state index contributed by atoms with van der Waals surface area (Å²) >= 11 is 0. The summed E-state index contributed by atoms with van der Waals surface area (Å²) in [6.07, 6.45) is 4.69. The summed E-state index contributed by atoms with van der Waals surface area (Å²) in [7, 11) is 0. The zero-order chi connectivity index (χ0) is 10.2. The van der Waals surface area contributed by atoms with Crippen LogP contribution in [0.4, 0.5) is 0 Å². The number of rotatable bonds is 6. The van der Waals surface area contributed by atoms with Crippen LogP contribution in [0.2, 0.25) is 0 Å². The lowest BCUT2D eigenvalue weighted by atomic mass is 10.2. The minimum absolute atomic E-state index is 0.187. The van der Waals surface area contributed by atoms with Crippen molar-refractivity contribution in [2.45, 2.75) is 32.4 Å². The van der Waals surface area contributed by atoms with E-state index in [1.54, 1.807) is 6.20 Å².